The molecule has 0 unspecified atom stereocenters. The molecule has 11 heteroatoms. The van der Waals surface area contributed by atoms with Crippen molar-refractivity contribution < 1.29 is 24.0 Å². The number of aromatic amines is 1. The van der Waals surface area contributed by atoms with E-state index in [2.05, 4.69) is 34.8 Å². The zero-order chi connectivity index (χ0) is 30.6. The van der Waals surface area contributed by atoms with E-state index in [1.807, 2.05) is 45.0 Å². The molecule has 3 aliphatic rings. The van der Waals surface area contributed by atoms with Crippen molar-refractivity contribution in [1.29, 1.82) is 0 Å². The standard InChI is InChI=1S/C31H40ClN5O5/c1-30(2,3)25(36-27(40)21-12-16-8-6-7-9-19(16)34-21)29(42)37-15-18-23(31(18,4)5)24(37)28(41)35-20(22(38)14-32)13-17-10-11-33-26(17)39/h6-9,12,17-18,20,23-25,34H,10-11,13-15H2,1-5H3,(H,33,39)(H,35,41)(H,36,40)/t17-,18-,20-,23-,24-,25+/m0/s1. The van der Waals surface area contributed by atoms with Gasteiger partial charge in [0.15, 0.2) is 5.78 Å². The molecule has 3 heterocycles. The van der Waals surface area contributed by atoms with Gasteiger partial charge in [-0.05, 0) is 47.6 Å². The quantitative estimate of drug-likeness (QED) is 0.329. The average molecular weight is 598 g/mol. The molecule has 1 aromatic heterocycles. The molecule has 2 saturated heterocycles. The summed E-state index contributed by atoms with van der Waals surface area (Å²) in [6, 6.07) is 6.64. The molecule has 1 saturated carbocycles. The van der Waals surface area contributed by atoms with Crippen molar-refractivity contribution in [3.05, 3.63) is 36.0 Å². The molecule has 3 fully saturated rings. The molecule has 0 radical (unpaired) electrons. The number of alkyl halides is 1. The van der Waals surface area contributed by atoms with Gasteiger partial charge in [0.05, 0.1) is 11.9 Å². The highest BCUT2D eigenvalue weighted by Gasteiger charge is 2.69. The Kier molecular flexibility index (Phi) is 7.89. The first-order chi connectivity index (χ1) is 19.7. The first-order valence-electron chi connectivity index (χ1n) is 14.6. The maximum absolute atomic E-state index is 14.2. The number of amides is 4. The Morgan fingerprint density at radius 2 is 1.86 bits per heavy atom. The summed E-state index contributed by atoms with van der Waals surface area (Å²) in [6.07, 6.45) is 0.738. The van der Waals surface area contributed by atoms with Crippen LogP contribution in [0.2, 0.25) is 0 Å². The fraction of sp³-hybridized carbons (Fsp3) is 0.581. The number of halogens is 1. The zero-order valence-electron chi connectivity index (χ0n) is 24.8. The van der Waals surface area contributed by atoms with Gasteiger partial charge >= 0.3 is 0 Å². The lowest BCUT2D eigenvalue weighted by atomic mass is 9.85. The summed E-state index contributed by atoms with van der Waals surface area (Å²) in [5, 5.41) is 9.44. The number of aromatic nitrogens is 1. The van der Waals surface area contributed by atoms with Crippen molar-refractivity contribution in [3.63, 3.8) is 0 Å². The third-order valence-electron chi connectivity index (χ3n) is 9.44. The number of hydrogen-bond donors (Lipinski definition) is 4. The molecule has 42 heavy (non-hydrogen) atoms. The Labute approximate surface area is 250 Å². The molecule has 1 aromatic carbocycles. The van der Waals surface area contributed by atoms with Gasteiger partial charge in [-0.25, -0.2) is 0 Å². The summed E-state index contributed by atoms with van der Waals surface area (Å²) in [4.78, 5) is 71.1. The topological polar surface area (TPSA) is 140 Å². The monoisotopic (exact) mass is 597 g/mol. The van der Waals surface area contributed by atoms with E-state index >= 15 is 0 Å². The Morgan fingerprint density at radius 3 is 2.48 bits per heavy atom. The number of hydrogen-bond acceptors (Lipinski definition) is 5. The van der Waals surface area contributed by atoms with E-state index in [1.165, 1.54) is 0 Å². The Bertz CT molecular complexity index is 1400. The summed E-state index contributed by atoms with van der Waals surface area (Å²) in [6.45, 7) is 10.7. The third-order valence-corrected chi connectivity index (χ3v) is 9.71. The number of benzene rings is 1. The lowest BCUT2D eigenvalue weighted by Gasteiger charge is -2.38. The maximum atomic E-state index is 14.2. The minimum absolute atomic E-state index is 0.0898. The summed E-state index contributed by atoms with van der Waals surface area (Å²) in [5.74, 6) is -2.36. The van der Waals surface area contributed by atoms with Crippen LogP contribution in [-0.4, -0.2) is 76.4 Å². The van der Waals surface area contributed by atoms with Crippen LogP contribution in [0.25, 0.3) is 10.9 Å². The summed E-state index contributed by atoms with van der Waals surface area (Å²) >= 11 is 5.88. The summed E-state index contributed by atoms with van der Waals surface area (Å²) in [5.41, 5.74) is 0.350. The van der Waals surface area contributed by atoms with Gasteiger partial charge < -0.3 is 25.8 Å². The van der Waals surface area contributed by atoms with E-state index in [4.69, 9.17) is 11.6 Å². The number of nitrogens with one attached hydrogen (secondary N) is 4. The van der Waals surface area contributed by atoms with Gasteiger partial charge in [-0.3, -0.25) is 24.0 Å². The van der Waals surface area contributed by atoms with Crippen LogP contribution in [0, 0.1) is 28.6 Å². The van der Waals surface area contributed by atoms with Gasteiger partial charge in [-0.1, -0.05) is 52.8 Å². The van der Waals surface area contributed by atoms with Gasteiger partial charge in [-0.15, -0.1) is 11.6 Å². The Morgan fingerprint density at radius 1 is 1.14 bits per heavy atom. The van der Waals surface area contributed by atoms with Crippen molar-refractivity contribution in [2.75, 3.05) is 19.0 Å². The second kappa shape index (κ2) is 11.0. The molecule has 1 aliphatic carbocycles. The number of piperidine rings is 1. The number of ketones is 1. The minimum atomic E-state index is -0.929. The maximum Gasteiger partial charge on any atom is 0.268 e. The van der Waals surface area contributed by atoms with Crippen LogP contribution in [0.4, 0.5) is 0 Å². The van der Waals surface area contributed by atoms with Crippen LogP contribution in [0.3, 0.4) is 0 Å². The molecular formula is C31H40ClN5O5. The number of carbonyl (C=O) groups is 5. The first-order valence-corrected chi connectivity index (χ1v) is 15.1. The van der Waals surface area contributed by atoms with Gasteiger partial charge in [0.25, 0.3) is 5.91 Å². The van der Waals surface area contributed by atoms with Crippen molar-refractivity contribution in [3.8, 4) is 0 Å². The Balaban J connectivity index is 1.37. The smallest absolute Gasteiger partial charge is 0.268 e. The fourth-order valence-electron chi connectivity index (χ4n) is 6.81. The minimum Gasteiger partial charge on any atom is -0.356 e. The predicted octanol–water partition coefficient (Wildman–Crippen LogP) is 2.61. The van der Waals surface area contributed by atoms with Gasteiger partial charge in [0, 0.05) is 29.9 Å². The number of rotatable bonds is 9. The molecular weight excluding hydrogens is 558 g/mol. The molecule has 4 amide bonds. The number of fused-ring (bicyclic) bond motifs is 2. The number of nitrogens with zero attached hydrogens (tertiary/aromatic N) is 1. The number of H-pyrrole nitrogens is 1. The van der Waals surface area contributed by atoms with E-state index in [0.29, 0.717) is 25.2 Å². The summed E-state index contributed by atoms with van der Waals surface area (Å²) in [7, 11) is 0. The number of carbonyl (C=O) groups excluding carboxylic acids is 5. The van der Waals surface area contributed by atoms with Crippen LogP contribution in [0.5, 0.6) is 0 Å². The fourth-order valence-corrected chi connectivity index (χ4v) is 6.99. The molecule has 226 valence electrons. The lowest BCUT2D eigenvalue weighted by Crippen LogP contribution is -2.60. The van der Waals surface area contributed by atoms with Crippen LogP contribution in [0.1, 0.15) is 57.9 Å². The lowest BCUT2D eigenvalue weighted by molar-refractivity contribution is -0.144. The largest absolute Gasteiger partial charge is 0.356 e. The van der Waals surface area contributed by atoms with Gasteiger partial charge in [0.2, 0.25) is 17.7 Å². The van der Waals surface area contributed by atoms with Crippen LogP contribution in [0.15, 0.2) is 30.3 Å². The van der Waals surface area contributed by atoms with Crippen molar-refractivity contribution in [1.82, 2.24) is 25.8 Å². The van der Waals surface area contributed by atoms with Crippen LogP contribution in [-0.2, 0) is 19.2 Å². The summed E-state index contributed by atoms with van der Waals surface area (Å²) < 4.78 is 0. The molecule has 10 nitrogen and oxygen atoms in total. The van der Waals surface area contributed by atoms with Gasteiger partial charge in [-0.2, -0.15) is 0 Å². The van der Waals surface area contributed by atoms with Crippen molar-refractivity contribution in [2.24, 2.45) is 28.6 Å². The molecule has 0 spiro atoms. The van der Waals surface area contributed by atoms with E-state index in [-0.39, 0.29) is 53.1 Å². The molecule has 2 aromatic rings. The average Bonchev–Trinajstić information content (AvgIpc) is 3.45. The van der Waals surface area contributed by atoms with E-state index in [0.717, 1.165) is 10.9 Å². The first kappa shape index (κ1) is 30.1. The van der Waals surface area contributed by atoms with E-state index in [9.17, 15) is 24.0 Å². The second-order valence-electron chi connectivity index (χ2n) is 13.6. The highest BCUT2D eigenvalue weighted by molar-refractivity contribution is 6.28. The molecule has 0 bridgehead atoms. The highest BCUT2D eigenvalue weighted by atomic mass is 35.5. The number of para-hydroxylation sites is 1. The SMILES string of the molecule is CC(C)(C)[C@H](NC(=O)c1cc2ccccc2[nH]1)C(=O)N1C[C@H]2[C@@H]([C@H]1C(=O)N[C@@H](C[C@@H]1CCNC1=O)C(=O)CCl)C2(C)C. The van der Waals surface area contributed by atoms with Gasteiger partial charge in [0.1, 0.15) is 17.8 Å². The van der Waals surface area contributed by atoms with Crippen molar-refractivity contribution in [2.45, 2.75) is 65.6 Å². The van der Waals surface area contributed by atoms with Crippen molar-refractivity contribution >= 4 is 51.9 Å². The molecule has 6 atom stereocenters. The molecule has 2 aliphatic heterocycles. The van der Waals surface area contributed by atoms with Crippen LogP contribution < -0.4 is 16.0 Å². The third kappa shape index (κ3) is 5.53. The number of likely N-dealkylation sites (tertiary alicyclic amines) is 1. The molecule has 5 rings (SSSR count). The second-order valence-corrected chi connectivity index (χ2v) is 13.9. The van der Waals surface area contributed by atoms with E-state index < -0.39 is 35.4 Å². The highest BCUT2D eigenvalue weighted by Crippen LogP contribution is 2.65. The van der Waals surface area contributed by atoms with E-state index in [1.54, 1.807) is 11.0 Å². The molecule has 4 N–H and O–H groups in total. The van der Waals surface area contributed by atoms with Crippen LogP contribution >= 0.6 is 11.6 Å². The normalized spacial score (nSPS) is 25.9. The predicted molar refractivity (Wildman–Crippen MR) is 159 cm³/mol. The zero-order valence-corrected chi connectivity index (χ0v) is 25.5. The number of Topliss-reactive ketones (excluding diaryl/α,β-unsaturated/α-hetero) is 1. The Hall–Kier alpha value is -3.40.